The smallest absolute Gasteiger partial charge is 0.0247 e. The third-order valence-electron chi connectivity index (χ3n) is 3.44. The van der Waals surface area contributed by atoms with Crippen molar-refractivity contribution < 1.29 is 0 Å². The molecule has 0 radical (unpaired) electrons. The molecule has 2 atom stereocenters. The van der Waals surface area contributed by atoms with Crippen LogP contribution in [-0.2, 0) is 6.54 Å². The van der Waals surface area contributed by atoms with E-state index in [0.717, 1.165) is 19.0 Å². The molecule has 2 unspecified atom stereocenters. The molecule has 1 aliphatic heterocycles. The number of nitrogens with two attached hydrogens (primary N) is 1. The Morgan fingerprint density at radius 2 is 2.38 bits per heavy atom. The fourth-order valence-electron chi connectivity index (χ4n) is 2.53. The molecule has 1 aromatic heterocycles. The highest BCUT2D eigenvalue weighted by atomic mass is 35.5. The summed E-state index contributed by atoms with van der Waals surface area (Å²) in [5.41, 5.74) is 7.31. The van der Waals surface area contributed by atoms with Crippen molar-refractivity contribution in [2.75, 3.05) is 13.1 Å². The number of nitrogens with zero attached hydrogens (tertiary/aromatic N) is 1. The molecule has 1 aromatic rings. The molecule has 92 valence electrons. The van der Waals surface area contributed by atoms with Crippen LogP contribution in [0.15, 0.2) is 16.8 Å². The summed E-state index contributed by atoms with van der Waals surface area (Å²) in [5.74, 6) is 0.752. The standard InChI is InChI=1S/C12H20N2S.ClH/c1-10-3-2-5-14(12(10)7-13)8-11-4-6-15-9-11;/h4,6,9-10,12H,2-3,5,7-8,13H2,1H3;1H. The van der Waals surface area contributed by atoms with Crippen LogP contribution in [0.4, 0.5) is 0 Å². The molecule has 4 heteroatoms. The van der Waals surface area contributed by atoms with Crippen molar-refractivity contribution in [3.8, 4) is 0 Å². The van der Waals surface area contributed by atoms with Gasteiger partial charge in [-0.15, -0.1) is 12.4 Å². The number of rotatable bonds is 3. The van der Waals surface area contributed by atoms with Crippen LogP contribution in [0.25, 0.3) is 0 Å². The van der Waals surface area contributed by atoms with Gasteiger partial charge in [0.25, 0.3) is 0 Å². The minimum atomic E-state index is 0. The second-order valence-corrected chi connectivity index (χ2v) is 5.30. The van der Waals surface area contributed by atoms with Gasteiger partial charge in [-0.3, -0.25) is 4.90 Å². The molecule has 0 saturated carbocycles. The van der Waals surface area contributed by atoms with E-state index in [-0.39, 0.29) is 12.4 Å². The molecule has 0 bridgehead atoms. The van der Waals surface area contributed by atoms with Crippen molar-refractivity contribution in [2.45, 2.75) is 32.4 Å². The van der Waals surface area contributed by atoms with E-state index in [2.05, 4.69) is 28.7 Å². The van der Waals surface area contributed by atoms with E-state index in [9.17, 15) is 0 Å². The lowest BCUT2D eigenvalue weighted by atomic mass is 9.90. The SMILES string of the molecule is CC1CCCN(Cc2ccsc2)C1CN.Cl. The lowest BCUT2D eigenvalue weighted by molar-refractivity contribution is 0.0992. The molecular formula is C12H21ClN2S. The van der Waals surface area contributed by atoms with Gasteiger partial charge in [-0.25, -0.2) is 0 Å². The van der Waals surface area contributed by atoms with E-state index in [1.807, 2.05) is 0 Å². The third-order valence-corrected chi connectivity index (χ3v) is 4.17. The molecule has 0 aliphatic carbocycles. The highest BCUT2D eigenvalue weighted by Gasteiger charge is 2.26. The summed E-state index contributed by atoms with van der Waals surface area (Å²) >= 11 is 1.78. The van der Waals surface area contributed by atoms with Crippen LogP contribution in [0.1, 0.15) is 25.3 Å². The summed E-state index contributed by atoms with van der Waals surface area (Å²) in [6.45, 7) is 5.42. The van der Waals surface area contributed by atoms with Crippen LogP contribution in [-0.4, -0.2) is 24.0 Å². The highest BCUT2D eigenvalue weighted by molar-refractivity contribution is 7.07. The molecule has 0 aromatic carbocycles. The van der Waals surface area contributed by atoms with E-state index in [4.69, 9.17) is 5.73 Å². The zero-order valence-electron chi connectivity index (χ0n) is 9.76. The molecule has 1 fully saturated rings. The Morgan fingerprint density at radius 1 is 1.56 bits per heavy atom. The van der Waals surface area contributed by atoms with E-state index < -0.39 is 0 Å². The number of likely N-dealkylation sites (tertiary alicyclic amines) is 1. The summed E-state index contributed by atoms with van der Waals surface area (Å²) in [4.78, 5) is 2.55. The van der Waals surface area contributed by atoms with Gasteiger partial charge in [0.1, 0.15) is 0 Å². The number of thiophene rings is 1. The normalized spacial score (nSPS) is 26.4. The lowest BCUT2D eigenvalue weighted by Crippen LogP contribution is -2.47. The van der Waals surface area contributed by atoms with Crippen LogP contribution >= 0.6 is 23.7 Å². The number of hydrogen-bond donors (Lipinski definition) is 1. The van der Waals surface area contributed by atoms with Crippen LogP contribution < -0.4 is 5.73 Å². The number of hydrogen-bond acceptors (Lipinski definition) is 3. The maximum absolute atomic E-state index is 5.87. The Hall–Kier alpha value is -0.0900. The second kappa shape index (κ2) is 6.60. The van der Waals surface area contributed by atoms with Gasteiger partial charge in [0.2, 0.25) is 0 Å². The summed E-state index contributed by atoms with van der Waals surface area (Å²) < 4.78 is 0. The first-order chi connectivity index (χ1) is 7.31. The van der Waals surface area contributed by atoms with Crippen molar-refractivity contribution in [2.24, 2.45) is 11.7 Å². The molecule has 0 amide bonds. The Morgan fingerprint density at radius 3 is 3.00 bits per heavy atom. The zero-order valence-corrected chi connectivity index (χ0v) is 11.4. The third kappa shape index (κ3) is 3.20. The van der Waals surface area contributed by atoms with Crippen molar-refractivity contribution in [1.82, 2.24) is 4.90 Å². The monoisotopic (exact) mass is 260 g/mol. The summed E-state index contributed by atoms with van der Waals surface area (Å²) in [5, 5.41) is 4.40. The Labute approximate surface area is 108 Å². The van der Waals surface area contributed by atoms with E-state index >= 15 is 0 Å². The molecule has 1 aliphatic rings. The minimum Gasteiger partial charge on any atom is -0.329 e. The molecule has 16 heavy (non-hydrogen) atoms. The van der Waals surface area contributed by atoms with Gasteiger partial charge in [0.05, 0.1) is 0 Å². The van der Waals surface area contributed by atoms with Gasteiger partial charge >= 0.3 is 0 Å². The van der Waals surface area contributed by atoms with Crippen molar-refractivity contribution in [1.29, 1.82) is 0 Å². The van der Waals surface area contributed by atoms with Crippen LogP contribution in [0.2, 0.25) is 0 Å². The average Bonchev–Trinajstić information content (AvgIpc) is 2.71. The molecule has 1 saturated heterocycles. The first-order valence-electron chi connectivity index (χ1n) is 5.76. The van der Waals surface area contributed by atoms with E-state index in [0.29, 0.717) is 6.04 Å². The van der Waals surface area contributed by atoms with Gasteiger partial charge in [0.15, 0.2) is 0 Å². The summed E-state index contributed by atoms with van der Waals surface area (Å²) in [7, 11) is 0. The molecular weight excluding hydrogens is 240 g/mol. The first kappa shape index (κ1) is 14.0. The van der Waals surface area contributed by atoms with Gasteiger partial charge in [-0.2, -0.15) is 11.3 Å². The predicted octanol–water partition coefficient (Wildman–Crippen LogP) is 2.73. The van der Waals surface area contributed by atoms with Crippen molar-refractivity contribution in [3.63, 3.8) is 0 Å². The van der Waals surface area contributed by atoms with Crippen molar-refractivity contribution in [3.05, 3.63) is 22.4 Å². The number of halogens is 1. The Bertz CT molecular complexity index is 289. The van der Waals surface area contributed by atoms with Gasteiger partial charge in [0, 0.05) is 19.1 Å². The van der Waals surface area contributed by atoms with Gasteiger partial charge in [-0.05, 0) is 47.7 Å². The predicted molar refractivity (Wildman–Crippen MR) is 73.2 cm³/mol. The largest absolute Gasteiger partial charge is 0.329 e. The van der Waals surface area contributed by atoms with Crippen LogP contribution in [0.3, 0.4) is 0 Å². The minimum absolute atomic E-state index is 0. The van der Waals surface area contributed by atoms with Crippen molar-refractivity contribution >= 4 is 23.7 Å². The van der Waals surface area contributed by atoms with Gasteiger partial charge < -0.3 is 5.73 Å². The van der Waals surface area contributed by atoms with Gasteiger partial charge in [-0.1, -0.05) is 6.92 Å². The lowest BCUT2D eigenvalue weighted by Gasteiger charge is -2.39. The average molecular weight is 261 g/mol. The Balaban J connectivity index is 0.00000128. The summed E-state index contributed by atoms with van der Waals surface area (Å²) in [6.07, 6.45) is 2.66. The Kier molecular flexibility index (Phi) is 5.76. The topological polar surface area (TPSA) is 29.3 Å². The molecule has 2 heterocycles. The fourth-order valence-corrected chi connectivity index (χ4v) is 3.19. The maximum atomic E-state index is 5.87. The van der Waals surface area contributed by atoms with E-state index in [1.54, 1.807) is 11.3 Å². The van der Waals surface area contributed by atoms with Crippen LogP contribution in [0, 0.1) is 5.92 Å². The maximum Gasteiger partial charge on any atom is 0.0247 e. The van der Waals surface area contributed by atoms with E-state index in [1.165, 1.54) is 24.9 Å². The fraction of sp³-hybridized carbons (Fsp3) is 0.667. The second-order valence-electron chi connectivity index (χ2n) is 4.52. The zero-order chi connectivity index (χ0) is 10.7. The molecule has 2 N–H and O–H groups in total. The highest BCUT2D eigenvalue weighted by Crippen LogP contribution is 2.24. The first-order valence-corrected chi connectivity index (χ1v) is 6.70. The van der Waals surface area contributed by atoms with Crippen LogP contribution in [0.5, 0.6) is 0 Å². The summed E-state index contributed by atoms with van der Waals surface area (Å²) in [6, 6.07) is 2.80. The molecule has 2 rings (SSSR count). The molecule has 0 spiro atoms. The molecule has 2 nitrogen and oxygen atoms in total. The number of piperidine rings is 1. The quantitative estimate of drug-likeness (QED) is 0.906.